The van der Waals surface area contributed by atoms with Gasteiger partial charge in [0.1, 0.15) is 6.61 Å². The summed E-state index contributed by atoms with van der Waals surface area (Å²) in [5.41, 5.74) is 7.71. The van der Waals surface area contributed by atoms with Gasteiger partial charge in [-0.15, -0.1) is 11.3 Å². The maximum Gasteiger partial charge on any atom is 0.164 e. The van der Waals surface area contributed by atoms with Crippen LogP contribution >= 0.6 is 11.3 Å². The summed E-state index contributed by atoms with van der Waals surface area (Å²) in [6.07, 6.45) is 1.73. The highest BCUT2D eigenvalue weighted by Crippen LogP contribution is 2.32. The van der Waals surface area contributed by atoms with Crippen molar-refractivity contribution >= 4 is 11.3 Å². The standard InChI is InChI=1S/C16H22N2O2S/c1-3-15-18-13(11-21-15)10-20-16-12(8-9-17)6-5-7-14(16)19-4-2/h5-7,11H,3-4,8-10,17H2,1-2H3. The van der Waals surface area contributed by atoms with Crippen molar-refractivity contribution < 1.29 is 9.47 Å². The second kappa shape index (κ2) is 8.00. The van der Waals surface area contributed by atoms with E-state index in [9.17, 15) is 0 Å². The van der Waals surface area contributed by atoms with E-state index in [1.807, 2.05) is 30.5 Å². The Hall–Kier alpha value is -1.59. The van der Waals surface area contributed by atoms with Gasteiger partial charge >= 0.3 is 0 Å². The lowest BCUT2D eigenvalue weighted by molar-refractivity contribution is 0.264. The number of rotatable bonds is 8. The third kappa shape index (κ3) is 4.19. The zero-order valence-corrected chi connectivity index (χ0v) is 13.4. The van der Waals surface area contributed by atoms with Crippen LogP contribution in [-0.2, 0) is 19.4 Å². The first kappa shape index (κ1) is 15.8. The van der Waals surface area contributed by atoms with Crippen LogP contribution in [0, 0.1) is 0 Å². The van der Waals surface area contributed by atoms with Crippen LogP contribution in [0.2, 0.25) is 0 Å². The van der Waals surface area contributed by atoms with E-state index in [2.05, 4.69) is 11.9 Å². The molecule has 0 radical (unpaired) electrons. The van der Waals surface area contributed by atoms with Crippen LogP contribution in [0.25, 0.3) is 0 Å². The first-order chi connectivity index (χ1) is 10.3. The van der Waals surface area contributed by atoms with Crippen LogP contribution in [0.3, 0.4) is 0 Å². The lowest BCUT2D eigenvalue weighted by atomic mass is 10.1. The van der Waals surface area contributed by atoms with Crippen molar-refractivity contribution in [2.45, 2.75) is 33.3 Å². The largest absolute Gasteiger partial charge is 0.490 e. The van der Waals surface area contributed by atoms with Gasteiger partial charge < -0.3 is 15.2 Å². The Labute approximate surface area is 129 Å². The topological polar surface area (TPSA) is 57.4 Å². The van der Waals surface area contributed by atoms with Crippen LogP contribution in [0.15, 0.2) is 23.6 Å². The Morgan fingerprint density at radius 2 is 2.10 bits per heavy atom. The average Bonchev–Trinajstić information content (AvgIpc) is 2.95. The van der Waals surface area contributed by atoms with Crippen molar-refractivity contribution in [3.8, 4) is 11.5 Å². The summed E-state index contributed by atoms with van der Waals surface area (Å²) in [4.78, 5) is 4.52. The molecule has 21 heavy (non-hydrogen) atoms. The number of nitrogens with zero attached hydrogens (tertiary/aromatic N) is 1. The van der Waals surface area contributed by atoms with Crippen LogP contribution < -0.4 is 15.2 Å². The zero-order chi connectivity index (χ0) is 15.1. The fraction of sp³-hybridized carbons (Fsp3) is 0.438. The number of aromatic nitrogens is 1. The second-order valence-electron chi connectivity index (χ2n) is 4.59. The monoisotopic (exact) mass is 306 g/mol. The molecule has 0 saturated carbocycles. The minimum atomic E-state index is 0.457. The highest BCUT2D eigenvalue weighted by Gasteiger charge is 2.11. The third-order valence-corrected chi connectivity index (χ3v) is 4.08. The quantitative estimate of drug-likeness (QED) is 0.814. The Morgan fingerprint density at radius 1 is 1.24 bits per heavy atom. The molecule has 0 bridgehead atoms. The highest BCUT2D eigenvalue weighted by atomic mass is 32.1. The number of hydrogen-bond donors (Lipinski definition) is 1. The molecule has 114 valence electrons. The molecule has 1 aromatic carbocycles. The number of nitrogens with two attached hydrogens (primary N) is 1. The average molecular weight is 306 g/mol. The Bertz CT molecular complexity index is 545. The summed E-state index contributed by atoms with van der Waals surface area (Å²) < 4.78 is 11.6. The van der Waals surface area contributed by atoms with Crippen LogP contribution in [0.4, 0.5) is 0 Å². The van der Waals surface area contributed by atoms with Crippen molar-refractivity contribution in [1.29, 1.82) is 0 Å². The predicted octanol–water partition coefficient (Wildman–Crippen LogP) is 3.18. The molecule has 0 amide bonds. The zero-order valence-electron chi connectivity index (χ0n) is 12.6. The van der Waals surface area contributed by atoms with Gasteiger partial charge in [-0.1, -0.05) is 19.1 Å². The van der Waals surface area contributed by atoms with E-state index in [1.165, 1.54) is 0 Å². The maximum absolute atomic E-state index is 5.98. The SMILES string of the molecule is CCOc1cccc(CCN)c1OCc1csc(CC)n1. The molecule has 0 saturated heterocycles. The van der Waals surface area contributed by atoms with Crippen LogP contribution in [-0.4, -0.2) is 18.1 Å². The van der Waals surface area contributed by atoms with Crippen LogP contribution in [0.1, 0.15) is 30.1 Å². The summed E-state index contributed by atoms with van der Waals surface area (Å²) in [6.45, 7) is 5.72. The Balaban J connectivity index is 2.15. The summed E-state index contributed by atoms with van der Waals surface area (Å²) in [7, 11) is 0. The van der Waals surface area contributed by atoms with Gasteiger partial charge in [0.2, 0.25) is 0 Å². The second-order valence-corrected chi connectivity index (χ2v) is 5.53. The van der Waals surface area contributed by atoms with Crippen molar-refractivity contribution in [2.24, 2.45) is 5.73 Å². The minimum Gasteiger partial charge on any atom is -0.490 e. The van der Waals surface area contributed by atoms with Gasteiger partial charge in [-0.2, -0.15) is 0 Å². The maximum atomic E-state index is 5.98. The fourth-order valence-corrected chi connectivity index (χ4v) is 2.80. The number of ether oxygens (including phenoxy) is 2. The molecule has 0 aliphatic carbocycles. The number of hydrogen-bond acceptors (Lipinski definition) is 5. The molecule has 0 atom stereocenters. The molecular formula is C16H22N2O2S. The molecule has 1 heterocycles. The lowest BCUT2D eigenvalue weighted by Gasteiger charge is -2.15. The van der Waals surface area contributed by atoms with Gasteiger partial charge in [-0.25, -0.2) is 4.98 Å². The molecule has 4 nitrogen and oxygen atoms in total. The Kier molecular flexibility index (Phi) is 6.02. The first-order valence-electron chi connectivity index (χ1n) is 7.29. The van der Waals surface area contributed by atoms with E-state index < -0.39 is 0 Å². The van der Waals surface area contributed by atoms with Crippen molar-refractivity contribution in [2.75, 3.05) is 13.2 Å². The molecule has 0 fully saturated rings. The lowest BCUT2D eigenvalue weighted by Crippen LogP contribution is -2.07. The normalized spacial score (nSPS) is 10.6. The summed E-state index contributed by atoms with van der Waals surface area (Å²) >= 11 is 1.67. The molecule has 0 unspecified atom stereocenters. The minimum absolute atomic E-state index is 0.457. The molecule has 1 aromatic heterocycles. The van der Waals surface area contributed by atoms with Crippen molar-refractivity contribution in [1.82, 2.24) is 4.98 Å². The van der Waals surface area contributed by atoms with E-state index in [0.717, 1.165) is 40.6 Å². The molecule has 0 spiro atoms. The fourth-order valence-electron chi connectivity index (χ4n) is 2.07. The third-order valence-electron chi connectivity index (χ3n) is 3.04. The van der Waals surface area contributed by atoms with E-state index in [0.29, 0.717) is 19.8 Å². The molecular weight excluding hydrogens is 284 g/mol. The molecule has 0 aliphatic heterocycles. The van der Waals surface area contributed by atoms with Gasteiger partial charge in [-0.05, 0) is 37.9 Å². The van der Waals surface area contributed by atoms with Gasteiger partial charge in [0.05, 0.1) is 17.3 Å². The van der Waals surface area contributed by atoms with E-state index in [-0.39, 0.29) is 0 Å². The smallest absolute Gasteiger partial charge is 0.164 e. The van der Waals surface area contributed by atoms with Gasteiger partial charge in [0.15, 0.2) is 11.5 Å². The van der Waals surface area contributed by atoms with E-state index in [1.54, 1.807) is 11.3 Å². The predicted molar refractivity (Wildman–Crippen MR) is 86.2 cm³/mol. The Morgan fingerprint density at radius 3 is 2.76 bits per heavy atom. The van der Waals surface area contributed by atoms with Gasteiger partial charge in [-0.3, -0.25) is 0 Å². The molecule has 2 N–H and O–H groups in total. The number of aryl methyl sites for hydroxylation is 1. The van der Waals surface area contributed by atoms with E-state index in [4.69, 9.17) is 15.2 Å². The number of benzene rings is 1. The van der Waals surface area contributed by atoms with Gasteiger partial charge in [0, 0.05) is 5.38 Å². The molecule has 2 rings (SSSR count). The molecule has 2 aromatic rings. The highest BCUT2D eigenvalue weighted by molar-refractivity contribution is 7.09. The first-order valence-corrected chi connectivity index (χ1v) is 8.17. The summed E-state index contributed by atoms with van der Waals surface area (Å²) in [6, 6.07) is 5.93. The van der Waals surface area contributed by atoms with E-state index >= 15 is 0 Å². The van der Waals surface area contributed by atoms with Crippen molar-refractivity contribution in [3.05, 3.63) is 39.8 Å². The molecule has 5 heteroatoms. The number of thiazole rings is 1. The summed E-state index contributed by atoms with van der Waals surface area (Å²) in [5, 5.41) is 3.18. The van der Waals surface area contributed by atoms with Crippen LogP contribution in [0.5, 0.6) is 11.5 Å². The molecule has 0 aliphatic rings. The van der Waals surface area contributed by atoms with Crippen molar-refractivity contribution in [3.63, 3.8) is 0 Å². The summed E-state index contributed by atoms with van der Waals surface area (Å²) in [5.74, 6) is 1.56. The number of para-hydroxylation sites is 1. The van der Waals surface area contributed by atoms with Gasteiger partial charge in [0.25, 0.3) is 0 Å².